The van der Waals surface area contributed by atoms with Crippen LogP contribution in [-0.2, 0) is 20.4 Å². The monoisotopic (exact) mass is 582 g/mol. The molecule has 9 heteroatoms. The van der Waals surface area contributed by atoms with Crippen LogP contribution in [0.25, 0.3) is 22.4 Å². The molecule has 2 aromatic carbocycles. The van der Waals surface area contributed by atoms with Gasteiger partial charge in [-0.25, -0.2) is 8.42 Å². The van der Waals surface area contributed by atoms with Gasteiger partial charge in [-0.05, 0) is 54.4 Å². The summed E-state index contributed by atoms with van der Waals surface area (Å²) in [7, 11) is -3.18. The molecule has 0 unspecified atom stereocenters. The lowest BCUT2D eigenvalue weighted by atomic mass is 9.94. The highest BCUT2D eigenvalue weighted by Gasteiger charge is 2.32. The zero-order valence-corrected chi connectivity index (χ0v) is 25.6. The number of benzene rings is 2. The van der Waals surface area contributed by atoms with Gasteiger partial charge >= 0.3 is 0 Å². The van der Waals surface area contributed by atoms with Crippen molar-refractivity contribution in [3.63, 3.8) is 0 Å². The molecule has 1 heterocycles. The number of carbonyl (C=O) groups excluding carboxylic acids is 1. The molecule has 0 radical (unpaired) electrons. The van der Waals surface area contributed by atoms with E-state index in [9.17, 15) is 13.2 Å². The first-order valence-electron chi connectivity index (χ1n) is 14.6. The number of ether oxygens (including phenoxy) is 2. The third-order valence-corrected chi connectivity index (χ3v) is 7.91. The van der Waals surface area contributed by atoms with Gasteiger partial charge in [-0.15, -0.1) is 0 Å². The average molecular weight is 583 g/mol. The molecule has 4 rings (SSSR count). The number of anilines is 1. The van der Waals surface area contributed by atoms with Crippen molar-refractivity contribution in [2.45, 2.75) is 77.9 Å². The minimum Gasteiger partial charge on any atom is -0.493 e. The smallest absolute Gasteiger partial charge is 0.239 e. The molecule has 0 saturated heterocycles. The van der Waals surface area contributed by atoms with Crippen LogP contribution < -0.4 is 14.8 Å². The molecule has 1 aromatic heterocycles. The van der Waals surface area contributed by atoms with Gasteiger partial charge in [0.2, 0.25) is 11.8 Å². The number of unbranched alkanes of at least 4 members (excludes halogenated alkanes) is 2. The third-order valence-electron chi connectivity index (χ3n) is 7.05. The second-order valence-electron chi connectivity index (χ2n) is 11.2. The first-order valence-corrected chi connectivity index (χ1v) is 16.7. The Labute approximate surface area is 243 Å². The fourth-order valence-corrected chi connectivity index (χ4v) is 5.37. The number of amides is 1. The molecule has 0 atom stereocenters. The van der Waals surface area contributed by atoms with Gasteiger partial charge in [-0.3, -0.25) is 10.1 Å². The number of carbonyl (C=O) groups is 1. The van der Waals surface area contributed by atoms with Crippen molar-refractivity contribution in [2.24, 2.45) is 5.92 Å². The van der Waals surface area contributed by atoms with Crippen LogP contribution in [0.4, 0.5) is 5.88 Å². The second kappa shape index (κ2) is 13.6. The quantitative estimate of drug-likeness (QED) is 0.186. The maximum atomic E-state index is 12.8. The van der Waals surface area contributed by atoms with Crippen LogP contribution >= 0.6 is 0 Å². The summed E-state index contributed by atoms with van der Waals surface area (Å²) in [6.45, 7) is 9.65. The lowest BCUT2D eigenvalue weighted by Gasteiger charge is -2.19. The van der Waals surface area contributed by atoms with Gasteiger partial charge in [-0.2, -0.15) is 0 Å². The normalized spacial score (nSPS) is 13.4. The predicted octanol–water partition coefficient (Wildman–Crippen LogP) is 7.38. The Bertz CT molecular complexity index is 1440. The van der Waals surface area contributed by atoms with Gasteiger partial charge in [0, 0.05) is 23.8 Å². The van der Waals surface area contributed by atoms with Crippen molar-refractivity contribution in [2.75, 3.05) is 24.8 Å². The Morgan fingerprint density at radius 1 is 1.02 bits per heavy atom. The fourth-order valence-electron chi connectivity index (χ4n) is 4.57. The Balaban J connectivity index is 1.84. The number of nitrogens with one attached hydrogen (secondary N) is 1. The van der Waals surface area contributed by atoms with Crippen LogP contribution in [0.2, 0.25) is 0 Å². The first kappa shape index (κ1) is 30.6. The SMILES string of the molecule is CCCCOc1cc(OCCCC)c(C(C)C)cc1-c1noc(NC(=O)C2CC2)c1-c1ccc(CS(C)(=O)=O)cc1. The summed E-state index contributed by atoms with van der Waals surface area (Å²) in [6, 6.07) is 11.2. The summed E-state index contributed by atoms with van der Waals surface area (Å²) >= 11 is 0. The molecular weight excluding hydrogens is 540 g/mol. The molecule has 1 N–H and O–H groups in total. The summed E-state index contributed by atoms with van der Waals surface area (Å²) in [4.78, 5) is 12.8. The maximum absolute atomic E-state index is 12.8. The van der Waals surface area contributed by atoms with Gasteiger partial charge in [0.05, 0.1) is 24.5 Å². The van der Waals surface area contributed by atoms with E-state index in [0.717, 1.165) is 61.0 Å². The fraction of sp³-hybridized carbons (Fsp3) is 0.500. The molecule has 1 saturated carbocycles. The summed E-state index contributed by atoms with van der Waals surface area (Å²) in [5, 5.41) is 7.40. The molecular formula is C32H42N2O6S. The minimum atomic E-state index is -3.18. The lowest BCUT2D eigenvalue weighted by molar-refractivity contribution is -0.117. The third kappa shape index (κ3) is 8.12. The average Bonchev–Trinajstić information content (AvgIpc) is 3.70. The van der Waals surface area contributed by atoms with Crippen LogP contribution in [0, 0.1) is 5.92 Å². The number of aromatic nitrogens is 1. The summed E-state index contributed by atoms with van der Waals surface area (Å²) in [5.74, 6) is 1.70. The van der Waals surface area contributed by atoms with Crippen molar-refractivity contribution < 1.29 is 27.2 Å². The van der Waals surface area contributed by atoms with E-state index in [0.29, 0.717) is 35.8 Å². The maximum Gasteiger partial charge on any atom is 0.239 e. The van der Waals surface area contributed by atoms with E-state index in [1.54, 1.807) is 12.1 Å². The van der Waals surface area contributed by atoms with Crippen molar-refractivity contribution in [3.8, 4) is 33.9 Å². The zero-order chi connectivity index (χ0) is 29.6. The van der Waals surface area contributed by atoms with E-state index in [1.807, 2.05) is 18.2 Å². The van der Waals surface area contributed by atoms with Crippen LogP contribution in [0.3, 0.4) is 0 Å². The van der Waals surface area contributed by atoms with E-state index >= 15 is 0 Å². The second-order valence-corrected chi connectivity index (χ2v) is 13.4. The van der Waals surface area contributed by atoms with Crippen molar-refractivity contribution >= 4 is 21.6 Å². The Kier molecular flexibility index (Phi) is 10.1. The highest BCUT2D eigenvalue weighted by molar-refractivity contribution is 7.89. The predicted molar refractivity (Wildman–Crippen MR) is 162 cm³/mol. The van der Waals surface area contributed by atoms with Gasteiger partial charge in [0.15, 0.2) is 9.84 Å². The molecule has 8 nitrogen and oxygen atoms in total. The molecule has 3 aromatic rings. The van der Waals surface area contributed by atoms with Crippen molar-refractivity contribution in [1.82, 2.24) is 5.16 Å². The first-order chi connectivity index (χ1) is 19.6. The lowest BCUT2D eigenvalue weighted by Crippen LogP contribution is -2.13. The summed E-state index contributed by atoms with van der Waals surface area (Å²) in [5.41, 5.74) is 4.37. The van der Waals surface area contributed by atoms with Gasteiger partial charge in [0.25, 0.3) is 0 Å². The standard InChI is InChI=1S/C32H42N2O6S/c1-6-8-16-38-27-19-28(39-17-9-7-2)26(18-25(27)21(3)4)30-29(32(40-34-30)33-31(35)24-14-15-24)23-12-10-22(11-13-23)20-41(5,36)37/h10-13,18-19,21,24H,6-9,14-17,20H2,1-5H3,(H,33,35). The molecule has 1 amide bonds. The molecule has 1 aliphatic rings. The topological polar surface area (TPSA) is 108 Å². The van der Waals surface area contributed by atoms with E-state index in [2.05, 4.69) is 44.2 Å². The van der Waals surface area contributed by atoms with Crippen molar-refractivity contribution in [1.29, 1.82) is 0 Å². The number of rotatable bonds is 15. The Morgan fingerprint density at radius 3 is 2.22 bits per heavy atom. The number of hydrogen-bond donors (Lipinski definition) is 1. The Morgan fingerprint density at radius 2 is 1.66 bits per heavy atom. The van der Waals surface area contributed by atoms with Crippen LogP contribution in [0.15, 0.2) is 40.9 Å². The summed E-state index contributed by atoms with van der Waals surface area (Å²) in [6.07, 6.45) is 6.81. The number of sulfone groups is 1. The van der Waals surface area contributed by atoms with E-state index in [-0.39, 0.29) is 29.4 Å². The van der Waals surface area contributed by atoms with E-state index in [1.165, 1.54) is 6.26 Å². The molecule has 1 aliphatic carbocycles. The molecule has 0 aliphatic heterocycles. The molecule has 0 bridgehead atoms. The van der Waals surface area contributed by atoms with Gasteiger partial charge in [0.1, 0.15) is 17.2 Å². The summed E-state index contributed by atoms with van der Waals surface area (Å²) < 4.78 is 42.0. The minimum absolute atomic E-state index is 0.0198. The van der Waals surface area contributed by atoms with Crippen LogP contribution in [0.1, 0.15) is 83.3 Å². The number of nitrogens with zero attached hydrogens (tertiary/aromatic N) is 1. The van der Waals surface area contributed by atoms with Crippen molar-refractivity contribution in [3.05, 3.63) is 47.5 Å². The highest BCUT2D eigenvalue weighted by Crippen LogP contribution is 2.45. The highest BCUT2D eigenvalue weighted by atomic mass is 32.2. The molecule has 41 heavy (non-hydrogen) atoms. The number of hydrogen-bond acceptors (Lipinski definition) is 7. The van der Waals surface area contributed by atoms with E-state index in [4.69, 9.17) is 14.0 Å². The molecule has 1 fully saturated rings. The Hall–Kier alpha value is -3.33. The molecule has 222 valence electrons. The zero-order valence-electron chi connectivity index (χ0n) is 24.8. The van der Waals surface area contributed by atoms with E-state index < -0.39 is 9.84 Å². The van der Waals surface area contributed by atoms with Crippen LogP contribution in [0.5, 0.6) is 11.5 Å². The van der Waals surface area contributed by atoms with Gasteiger partial charge in [-0.1, -0.05) is 70.0 Å². The van der Waals surface area contributed by atoms with Gasteiger partial charge < -0.3 is 14.0 Å². The largest absolute Gasteiger partial charge is 0.493 e. The molecule has 0 spiro atoms. The van der Waals surface area contributed by atoms with Crippen LogP contribution in [-0.4, -0.2) is 39.0 Å².